The molecule has 2 rings (SSSR count). The summed E-state index contributed by atoms with van der Waals surface area (Å²) >= 11 is 0. The van der Waals surface area contributed by atoms with E-state index in [-0.39, 0.29) is 18.9 Å². The molecule has 1 amide bonds. The predicted molar refractivity (Wildman–Crippen MR) is 114 cm³/mol. The van der Waals surface area contributed by atoms with Crippen molar-refractivity contribution in [3.63, 3.8) is 0 Å². The number of rotatable bonds is 11. The number of anilines is 1. The van der Waals surface area contributed by atoms with Gasteiger partial charge in [-0.3, -0.25) is 9.69 Å². The van der Waals surface area contributed by atoms with Gasteiger partial charge in [0.15, 0.2) is 0 Å². The van der Waals surface area contributed by atoms with Crippen LogP contribution in [0, 0.1) is 18.3 Å². The molecule has 0 aliphatic heterocycles. The van der Waals surface area contributed by atoms with Crippen LogP contribution in [0.5, 0.6) is 11.5 Å². The molecule has 2 aromatic rings. The highest BCUT2D eigenvalue weighted by atomic mass is 16.5. The van der Waals surface area contributed by atoms with E-state index in [1.54, 1.807) is 4.90 Å². The number of carbonyl (C=O) groups is 1. The smallest absolute Gasteiger partial charge is 0.241 e. The number of aryl methyl sites for hydroxylation is 1. The Morgan fingerprint density at radius 3 is 2.24 bits per heavy atom. The largest absolute Gasteiger partial charge is 0.494 e. The fourth-order valence-electron chi connectivity index (χ4n) is 2.80. The molecule has 6 nitrogen and oxygen atoms in total. The average molecular weight is 396 g/mol. The summed E-state index contributed by atoms with van der Waals surface area (Å²) in [5, 5.41) is 8.95. The zero-order valence-corrected chi connectivity index (χ0v) is 17.4. The average Bonchev–Trinajstić information content (AvgIpc) is 2.71. The Kier molecular flexibility index (Phi) is 9.00. The van der Waals surface area contributed by atoms with Gasteiger partial charge < -0.3 is 14.4 Å². The van der Waals surface area contributed by atoms with E-state index in [1.165, 1.54) is 5.56 Å². The minimum atomic E-state index is -0.0535. The topological polar surface area (TPSA) is 65.8 Å². The van der Waals surface area contributed by atoms with Crippen molar-refractivity contribution in [2.24, 2.45) is 0 Å². The standard InChI is InChI=1S/C23H29N3O3/c1-4-28-21-12-8-20(9-13-21)26(15-5-14-24)23(27)18-25(3)16-17-29-22-10-6-19(2)7-11-22/h6-13H,4-5,15-18H2,1-3H3. The Labute approximate surface area is 173 Å². The SMILES string of the molecule is CCOc1ccc(N(CCC#N)C(=O)CN(C)CCOc2ccc(C)cc2)cc1. The van der Waals surface area contributed by atoms with Crippen molar-refractivity contribution in [3.8, 4) is 17.6 Å². The highest BCUT2D eigenvalue weighted by Gasteiger charge is 2.17. The van der Waals surface area contributed by atoms with Crippen LogP contribution in [0.4, 0.5) is 5.69 Å². The summed E-state index contributed by atoms with van der Waals surface area (Å²) in [4.78, 5) is 16.4. The van der Waals surface area contributed by atoms with Crippen molar-refractivity contribution in [1.82, 2.24) is 4.90 Å². The van der Waals surface area contributed by atoms with Crippen LogP contribution >= 0.6 is 0 Å². The van der Waals surface area contributed by atoms with Gasteiger partial charge in [0.1, 0.15) is 18.1 Å². The van der Waals surface area contributed by atoms with E-state index in [0.717, 1.165) is 17.2 Å². The van der Waals surface area contributed by atoms with Gasteiger partial charge in [0.2, 0.25) is 5.91 Å². The van der Waals surface area contributed by atoms with Crippen molar-refractivity contribution in [2.75, 3.05) is 44.8 Å². The quantitative estimate of drug-likeness (QED) is 0.581. The zero-order chi connectivity index (χ0) is 21.1. The summed E-state index contributed by atoms with van der Waals surface area (Å²) < 4.78 is 11.2. The molecule has 0 spiro atoms. The summed E-state index contributed by atoms with van der Waals surface area (Å²) in [5.74, 6) is 1.52. The maximum absolute atomic E-state index is 12.8. The molecule has 0 radical (unpaired) electrons. The van der Waals surface area contributed by atoms with E-state index in [4.69, 9.17) is 14.7 Å². The predicted octanol–water partition coefficient (Wildman–Crippen LogP) is 3.65. The Morgan fingerprint density at radius 2 is 1.62 bits per heavy atom. The van der Waals surface area contributed by atoms with Crippen LogP contribution in [0.2, 0.25) is 0 Å². The summed E-state index contributed by atoms with van der Waals surface area (Å²) in [5.41, 5.74) is 1.95. The highest BCUT2D eigenvalue weighted by Crippen LogP contribution is 2.20. The lowest BCUT2D eigenvalue weighted by Gasteiger charge is -2.25. The third kappa shape index (κ3) is 7.47. The van der Waals surface area contributed by atoms with Gasteiger partial charge in [-0.25, -0.2) is 0 Å². The number of hydrogen-bond donors (Lipinski definition) is 0. The summed E-state index contributed by atoms with van der Waals surface area (Å²) in [6.07, 6.45) is 0.277. The fraction of sp³-hybridized carbons (Fsp3) is 0.391. The van der Waals surface area contributed by atoms with E-state index in [2.05, 4.69) is 6.07 Å². The third-order valence-corrected chi connectivity index (χ3v) is 4.38. The van der Waals surface area contributed by atoms with Gasteiger partial charge in [0.05, 0.1) is 25.6 Å². The van der Waals surface area contributed by atoms with Crippen LogP contribution in [-0.4, -0.2) is 50.7 Å². The van der Waals surface area contributed by atoms with E-state index < -0.39 is 0 Å². The molecule has 0 atom stereocenters. The first kappa shape index (κ1) is 22.3. The minimum Gasteiger partial charge on any atom is -0.494 e. The number of benzene rings is 2. The lowest BCUT2D eigenvalue weighted by Crippen LogP contribution is -2.40. The molecule has 0 bridgehead atoms. The molecule has 0 aliphatic rings. The summed E-state index contributed by atoms with van der Waals surface area (Å²) in [6, 6.07) is 17.4. The van der Waals surface area contributed by atoms with Crippen molar-refractivity contribution < 1.29 is 14.3 Å². The van der Waals surface area contributed by atoms with Crippen molar-refractivity contribution in [3.05, 3.63) is 54.1 Å². The van der Waals surface area contributed by atoms with E-state index in [1.807, 2.05) is 74.3 Å². The maximum Gasteiger partial charge on any atom is 0.241 e. The van der Waals surface area contributed by atoms with Gasteiger partial charge in [0, 0.05) is 18.8 Å². The second-order valence-electron chi connectivity index (χ2n) is 6.78. The van der Waals surface area contributed by atoms with E-state index >= 15 is 0 Å². The molecule has 154 valence electrons. The first-order valence-electron chi connectivity index (χ1n) is 9.81. The molecule has 0 unspecified atom stereocenters. The highest BCUT2D eigenvalue weighted by molar-refractivity contribution is 5.94. The normalized spacial score (nSPS) is 10.4. The number of ether oxygens (including phenoxy) is 2. The Morgan fingerprint density at radius 1 is 1.00 bits per heavy atom. The molecule has 2 aromatic carbocycles. The van der Waals surface area contributed by atoms with Gasteiger partial charge in [-0.15, -0.1) is 0 Å². The minimum absolute atomic E-state index is 0.0535. The number of hydrogen-bond acceptors (Lipinski definition) is 5. The molecule has 0 aromatic heterocycles. The molecule has 0 saturated carbocycles. The Bertz CT molecular complexity index is 798. The van der Waals surface area contributed by atoms with Crippen LogP contribution < -0.4 is 14.4 Å². The molecular formula is C23H29N3O3. The van der Waals surface area contributed by atoms with E-state index in [0.29, 0.717) is 26.3 Å². The van der Waals surface area contributed by atoms with Crippen LogP contribution in [0.3, 0.4) is 0 Å². The molecule has 0 saturated heterocycles. The number of likely N-dealkylation sites (N-methyl/N-ethyl adjacent to an activating group) is 1. The van der Waals surface area contributed by atoms with Gasteiger partial charge in [-0.05, 0) is 57.3 Å². The van der Waals surface area contributed by atoms with Crippen LogP contribution in [0.1, 0.15) is 18.9 Å². The van der Waals surface area contributed by atoms with Crippen LogP contribution in [0.25, 0.3) is 0 Å². The van der Waals surface area contributed by atoms with Crippen LogP contribution in [0.15, 0.2) is 48.5 Å². The monoisotopic (exact) mass is 395 g/mol. The van der Waals surface area contributed by atoms with Crippen molar-refractivity contribution in [1.29, 1.82) is 5.26 Å². The van der Waals surface area contributed by atoms with Crippen molar-refractivity contribution >= 4 is 11.6 Å². The van der Waals surface area contributed by atoms with Crippen LogP contribution in [-0.2, 0) is 4.79 Å². The number of nitrogens with zero attached hydrogens (tertiary/aromatic N) is 3. The van der Waals surface area contributed by atoms with Gasteiger partial charge in [-0.2, -0.15) is 5.26 Å². The van der Waals surface area contributed by atoms with Crippen molar-refractivity contribution in [2.45, 2.75) is 20.3 Å². The number of amides is 1. The first-order valence-corrected chi connectivity index (χ1v) is 9.81. The summed E-state index contributed by atoms with van der Waals surface area (Å²) in [7, 11) is 1.89. The second kappa shape index (κ2) is 11.7. The molecule has 0 heterocycles. The van der Waals surface area contributed by atoms with E-state index in [9.17, 15) is 4.79 Å². The third-order valence-electron chi connectivity index (χ3n) is 4.38. The lowest BCUT2D eigenvalue weighted by atomic mass is 10.2. The van der Waals surface area contributed by atoms with Gasteiger partial charge in [0.25, 0.3) is 0 Å². The summed E-state index contributed by atoms with van der Waals surface area (Å²) in [6.45, 7) is 6.27. The molecule has 0 N–H and O–H groups in total. The molecule has 6 heteroatoms. The number of nitriles is 1. The fourth-order valence-corrected chi connectivity index (χ4v) is 2.80. The van der Waals surface area contributed by atoms with Gasteiger partial charge in [-0.1, -0.05) is 17.7 Å². The second-order valence-corrected chi connectivity index (χ2v) is 6.78. The zero-order valence-electron chi connectivity index (χ0n) is 17.4. The first-order chi connectivity index (χ1) is 14.0. The lowest BCUT2D eigenvalue weighted by molar-refractivity contribution is -0.119. The Balaban J connectivity index is 1.90. The maximum atomic E-state index is 12.8. The molecule has 0 fully saturated rings. The molecule has 0 aliphatic carbocycles. The molecule has 29 heavy (non-hydrogen) atoms. The number of carbonyl (C=O) groups excluding carboxylic acids is 1. The van der Waals surface area contributed by atoms with Gasteiger partial charge >= 0.3 is 0 Å². The Hall–Kier alpha value is -3.04. The molecular weight excluding hydrogens is 366 g/mol.